The third kappa shape index (κ3) is 4.40. The minimum absolute atomic E-state index is 0.0148. The van der Waals surface area contributed by atoms with Crippen LogP contribution in [0, 0.1) is 24.0 Å². The van der Waals surface area contributed by atoms with Gasteiger partial charge in [-0.15, -0.1) is 0 Å². The molecule has 1 unspecified atom stereocenters. The van der Waals surface area contributed by atoms with Crippen LogP contribution >= 0.6 is 0 Å². The molecule has 0 bridgehead atoms. The van der Waals surface area contributed by atoms with E-state index >= 15 is 0 Å². The first kappa shape index (κ1) is 16.7. The summed E-state index contributed by atoms with van der Waals surface area (Å²) in [4.78, 5) is 21.8. The SMILES string of the molecule is Cc1ccc(OCC(O)Cn2cc([N+](=O)[O-])ccc2=O)c(C)c1. The van der Waals surface area contributed by atoms with Gasteiger partial charge in [-0.05, 0) is 25.5 Å². The van der Waals surface area contributed by atoms with E-state index in [0.717, 1.165) is 34.0 Å². The number of rotatable bonds is 6. The van der Waals surface area contributed by atoms with Gasteiger partial charge in [-0.25, -0.2) is 0 Å². The molecule has 1 atom stereocenters. The maximum atomic E-state index is 11.7. The van der Waals surface area contributed by atoms with E-state index in [1.54, 1.807) is 0 Å². The van der Waals surface area contributed by atoms with Gasteiger partial charge in [-0.2, -0.15) is 0 Å². The number of aromatic nitrogens is 1. The van der Waals surface area contributed by atoms with E-state index in [1.165, 1.54) is 0 Å². The number of hydrogen-bond donors (Lipinski definition) is 1. The van der Waals surface area contributed by atoms with Crippen LogP contribution in [0.5, 0.6) is 5.75 Å². The maximum absolute atomic E-state index is 11.7. The highest BCUT2D eigenvalue weighted by atomic mass is 16.6. The number of ether oxygens (including phenoxy) is 1. The van der Waals surface area contributed by atoms with Crippen LogP contribution in [0.25, 0.3) is 0 Å². The van der Waals surface area contributed by atoms with Crippen molar-refractivity contribution in [1.29, 1.82) is 0 Å². The van der Waals surface area contributed by atoms with Crippen molar-refractivity contribution >= 4 is 5.69 Å². The maximum Gasteiger partial charge on any atom is 0.285 e. The highest BCUT2D eigenvalue weighted by molar-refractivity contribution is 5.35. The summed E-state index contributed by atoms with van der Waals surface area (Å²) < 4.78 is 6.65. The number of aliphatic hydroxyl groups excluding tert-OH is 1. The molecule has 122 valence electrons. The van der Waals surface area contributed by atoms with Crippen LogP contribution in [0.15, 0.2) is 41.3 Å². The van der Waals surface area contributed by atoms with Crippen molar-refractivity contribution in [2.45, 2.75) is 26.5 Å². The highest BCUT2D eigenvalue weighted by Crippen LogP contribution is 2.19. The Morgan fingerprint density at radius 1 is 1.30 bits per heavy atom. The standard InChI is InChI=1S/C16H18N2O5/c1-11-3-5-15(12(2)7-11)23-10-14(19)9-17-8-13(18(21)22)4-6-16(17)20/h3-8,14,19H,9-10H2,1-2H3. The third-order valence-corrected chi connectivity index (χ3v) is 3.35. The van der Waals surface area contributed by atoms with Crippen molar-refractivity contribution in [2.24, 2.45) is 0 Å². The zero-order valence-electron chi connectivity index (χ0n) is 12.9. The number of nitrogens with zero attached hydrogens (tertiary/aromatic N) is 2. The Morgan fingerprint density at radius 3 is 2.70 bits per heavy atom. The van der Waals surface area contributed by atoms with Crippen LogP contribution in [0.3, 0.4) is 0 Å². The summed E-state index contributed by atoms with van der Waals surface area (Å²) in [5.41, 5.74) is 1.44. The first-order valence-corrected chi connectivity index (χ1v) is 7.10. The molecule has 2 aromatic rings. The Hall–Kier alpha value is -2.67. The van der Waals surface area contributed by atoms with Gasteiger partial charge in [0.15, 0.2) is 0 Å². The van der Waals surface area contributed by atoms with Crippen molar-refractivity contribution in [3.8, 4) is 5.75 Å². The predicted octanol–water partition coefficient (Wildman–Crippen LogP) is 1.81. The van der Waals surface area contributed by atoms with Gasteiger partial charge < -0.3 is 14.4 Å². The van der Waals surface area contributed by atoms with E-state index in [4.69, 9.17) is 4.74 Å². The van der Waals surface area contributed by atoms with Gasteiger partial charge in [0.1, 0.15) is 18.5 Å². The van der Waals surface area contributed by atoms with Gasteiger partial charge in [0.25, 0.3) is 11.2 Å². The summed E-state index contributed by atoms with van der Waals surface area (Å²) in [5.74, 6) is 0.654. The molecule has 0 spiro atoms. The molecule has 2 rings (SSSR count). The first-order valence-electron chi connectivity index (χ1n) is 7.10. The molecule has 7 nitrogen and oxygen atoms in total. The molecule has 0 saturated heterocycles. The van der Waals surface area contributed by atoms with Crippen molar-refractivity contribution < 1.29 is 14.8 Å². The lowest BCUT2D eigenvalue weighted by Gasteiger charge is -2.15. The average molecular weight is 318 g/mol. The average Bonchev–Trinajstić information content (AvgIpc) is 2.48. The van der Waals surface area contributed by atoms with Gasteiger partial charge in [0.05, 0.1) is 17.7 Å². The summed E-state index contributed by atoms with van der Waals surface area (Å²) in [6.45, 7) is 3.78. The Morgan fingerprint density at radius 2 is 2.04 bits per heavy atom. The molecular weight excluding hydrogens is 300 g/mol. The molecule has 1 heterocycles. The molecule has 0 saturated carbocycles. The zero-order valence-corrected chi connectivity index (χ0v) is 12.9. The van der Waals surface area contributed by atoms with Crippen LogP contribution in [-0.2, 0) is 6.54 Å². The van der Waals surface area contributed by atoms with E-state index in [9.17, 15) is 20.0 Å². The van der Waals surface area contributed by atoms with Crippen LogP contribution in [0.1, 0.15) is 11.1 Å². The van der Waals surface area contributed by atoms with Gasteiger partial charge >= 0.3 is 0 Å². The number of benzene rings is 1. The Kier molecular flexibility index (Phi) is 5.13. The van der Waals surface area contributed by atoms with Gasteiger partial charge in [0, 0.05) is 12.1 Å². The fraction of sp³-hybridized carbons (Fsp3) is 0.312. The first-order chi connectivity index (χ1) is 10.9. The summed E-state index contributed by atoms with van der Waals surface area (Å²) in [6, 6.07) is 7.93. The topological polar surface area (TPSA) is 94.6 Å². The van der Waals surface area contributed by atoms with Crippen LogP contribution < -0.4 is 10.3 Å². The molecule has 1 N–H and O–H groups in total. The Labute approximate surface area is 132 Å². The van der Waals surface area contributed by atoms with Crippen molar-refractivity contribution in [3.05, 3.63) is 68.1 Å². The van der Waals surface area contributed by atoms with Gasteiger partial charge in [-0.3, -0.25) is 14.9 Å². The van der Waals surface area contributed by atoms with E-state index in [1.807, 2.05) is 32.0 Å². The molecule has 0 radical (unpaired) electrons. The lowest BCUT2D eigenvalue weighted by molar-refractivity contribution is -0.385. The molecule has 1 aromatic heterocycles. The molecule has 0 aliphatic rings. The van der Waals surface area contributed by atoms with Crippen LogP contribution in [0.4, 0.5) is 5.69 Å². The number of aliphatic hydroxyl groups is 1. The molecule has 23 heavy (non-hydrogen) atoms. The second kappa shape index (κ2) is 7.06. The summed E-state index contributed by atoms with van der Waals surface area (Å²) in [6.07, 6.45) is 0.151. The highest BCUT2D eigenvalue weighted by Gasteiger charge is 2.12. The van der Waals surface area contributed by atoms with Gasteiger partial charge in [0.2, 0.25) is 0 Å². The molecule has 0 fully saturated rings. The molecule has 0 aliphatic carbocycles. The number of aryl methyl sites for hydroxylation is 2. The molecule has 0 aliphatic heterocycles. The zero-order chi connectivity index (χ0) is 17.0. The quantitative estimate of drug-likeness (QED) is 0.647. The third-order valence-electron chi connectivity index (χ3n) is 3.35. The summed E-state index contributed by atoms with van der Waals surface area (Å²) in [7, 11) is 0. The number of nitro groups is 1. The minimum Gasteiger partial charge on any atom is -0.491 e. The predicted molar refractivity (Wildman–Crippen MR) is 84.8 cm³/mol. The van der Waals surface area contributed by atoms with Crippen LogP contribution in [0.2, 0.25) is 0 Å². The summed E-state index contributed by atoms with van der Waals surface area (Å²) in [5, 5.41) is 20.7. The van der Waals surface area contributed by atoms with Gasteiger partial charge in [-0.1, -0.05) is 17.7 Å². The lowest BCUT2D eigenvalue weighted by Crippen LogP contribution is -2.29. The van der Waals surface area contributed by atoms with E-state index in [-0.39, 0.29) is 18.8 Å². The Bertz CT molecular complexity index is 769. The van der Waals surface area contributed by atoms with E-state index < -0.39 is 16.6 Å². The lowest BCUT2D eigenvalue weighted by atomic mass is 10.1. The van der Waals surface area contributed by atoms with Crippen molar-refractivity contribution in [2.75, 3.05) is 6.61 Å². The molecule has 0 amide bonds. The fourth-order valence-electron chi connectivity index (χ4n) is 2.20. The largest absolute Gasteiger partial charge is 0.491 e. The molecule has 1 aromatic carbocycles. The summed E-state index contributed by atoms with van der Waals surface area (Å²) >= 11 is 0. The van der Waals surface area contributed by atoms with E-state index in [2.05, 4.69) is 0 Å². The van der Waals surface area contributed by atoms with Crippen LogP contribution in [-0.4, -0.2) is 27.3 Å². The number of hydrogen-bond acceptors (Lipinski definition) is 5. The minimum atomic E-state index is -0.963. The second-order valence-electron chi connectivity index (χ2n) is 5.37. The number of pyridine rings is 1. The molecular formula is C16H18N2O5. The monoisotopic (exact) mass is 318 g/mol. The second-order valence-corrected chi connectivity index (χ2v) is 5.37. The van der Waals surface area contributed by atoms with E-state index in [0.29, 0.717) is 5.75 Å². The van der Waals surface area contributed by atoms with Crippen molar-refractivity contribution in [1.82, 2.24) is 4.57 Å². The van der Waals surface area contributed by atoms with Crippen molar-refractivity contribution in [3.63, 3.8) is 0 Å². The normalized spacial score (nSPS) is 12.0. The fourth-order valence-corrected chi connectivity index (χ4v) is 2.20. The smallest absolute Gasteiger partial charge is 0.285 e. The molecule has 7 heteroatoms. The Balaban J connectivity index is 2.02.